The van der Waals surface area contributed by atoms with E-state index in [9.17, 15) is 35.1 Å². The number of hydrazone groups is 1. The molecule has 0 aliphatic carbocycles. The number of hydrogen-bond donors (Lipinski definition) is 1. The minimum atomic E-state index is -0.784. The van der Waals surface area contributed by atoms with Gasteiger partial charge in [-0.2, -0.15) is 10.2 Å². The van der Waals surface area contributed by atoms with E-state index in [0.29, 0.717) is 5.56 Å². The van der Waals surface area contributed by atoms with Gasteiger partial charge < -0.3 is 4.74 Å². The summed E-state index contributed by atoms with van der Waals surface area (Å²) in [6.45, 7) is -0.272. The Bertz CT molecular complexity index is 1250. The van der Waals surface area contributed by atoms with Crippen molar-refractivity contribution in [3.05, 3.63) is 90.8 Å². The molecule has 0 aliphatic heterocycles. The molecule has 0 radical (unpaired) electrons. The second-order valence-corrected chi connectivity index (χ2v) is 6.28. The van der Waals surface area contributed by atoms with Gasteiger partial charge in [-0.3, -0.25) is 39.8 Å². The van der Waals surface area contributed by atoms with E-state index in [4.69, 9.17) is 4.74 Å². The highest BCUT2D eigenvalue weighted by molar-refractivity contribution is 5.82. The number of amides is 1. The van der Waals surface area contributed by atoms with Gasteiger partial charge in [0.15, 0.2) is 0 Å². The lowest BCUT2D eigenvalue weighted by atomic mass is 10.2. The highest BCUT2D eigenvalue weighted by Gasteiger charge is 2.21. The topological polar surface area (TPSA) is 198 Å². The number of nitro groups is 3. The maximum atomic E-state index is 11.8. The standard InChI is InChI=1S/C18H13N7O8/c26-18(11-22-10-14(9-20-22)24(29)30)21-19-8-12-1-4-15(5-2-12)33-17-6-3-13(23(27)28)7-16(17)25(31)32/h1-10H,11H2,(H,21,26). The fourth-order valence-corrected chi connectivity index (χ4v) is 2.49. The largest absolute Gasteiger partial charge is 0.450 e. The van der Waals surface area contributed by atoms with E-state index in [0.717, 1.165) is 35.3 Å². The maximum absolute atomic E-state index is 11.8. The number of hydrogen-bond acceptors (Lipinski definition) is 10. The molecular formula is C18H13N7O8. The molecule has 3 rings (SSSR count). The van der Waals surface area contributed by atoms with Crippen LogP contribution in [0.3, 0.4) is 0 Å². The van der Waals surface area contributed by atoms with Crippen molar-refractivity contribution in [3.63, 3.8) is 0 Å². The first kappa shape index (κ1) is 22.5. The molecule has 1 amide bonds. The molecule has 0 atom stereocenters. The second kappa shape index (κ2) is 9.73. The first-order chi connectivity index (χ1) is 15.7. The number of carbonyl (C=O) groups is 1. The Kier molecular flexibility index (Phi) is 6.63. The monoisotopic (exact) mass is 455 g/mol. The SMILES string of the molecule is O=C(Cn1cc([N+](=O)[O-])cn1)NN=Cc1ccc(Oc2ccc([N+](=O)[O-])cc2[N+](=O)[O-])cc1. The third-order valence-electron chi connectivity index (χ3n) is 4.00. The van der Waals surface area contributed by atoms with Gasteiger partial charge >= 0.3 is 11.4 Å². The van der Waals surface area contributed by atoms with Gasteiger partial charge in [0.2, 0.25) is 5.75 Å². The van der Waals surface area contributed by atoms with Crippen molar-refractivity contribution in [2.45, 2.75) is 6.54 Å². The van der Waals surface area contributed by atoms with Gasteiger partial charge in [-0.15, -0.1) is 0 Å². The molecule has 1 heterocycles. The molecule has 1 aromatic heterocycles. The Labute approximate surface area is 183 Å². The predicted molar refractivity (Wildman–Crippen MR) is 111 cm³/mol. The van der Waals surface area contributed by atoms with Gasteiger partial charge in [0.25, 0.3) is 11.6 Å². The smallest absolute Gasteiger partial charge is 0.318 e. The minimum Gasteiger partial charge on any atom is -0.450 e. The van der Waals surface area contributed by atoms with E-state index in [1.807, 2.05) is 0 Å². The van der Waals surface area contributed by atoms with Crippen LogP contribution in [0.2, 0.25) is 0 Å². The van der Waals surface area contributed by atoms with Gasteiger partial charge in [0, 0.05) is 6.07 Å². The number of carbonyl (C=O) groups excluding carboxylic acids is 1. The Balaban J connectivity index is 1.59. The van der Waals surface area contributed by atoms with Crippen LogP contribution in [0.1, 0.15) is 5.56 Å². The van der Waals surface area contributed by atoms with E-state index < -0.39 is 32.1 Å². The predicted octanol–water partition coefficient (Wildman–Crippen LogP) is 2.55. The van der Waals surface area contributed by atoms with Crippen LogP contribution in [0.25, 0.3) is 0 Å². The summed E-state index contributed by atoms with van der Waals surface area (Å²) in [5.41, 5.74) is 1.56. The van der Waals surface area contributed by atoms with Crippen molar-refractivity contribution in [2.24, 2.45) is 5.10 Å². The van der Waals surface area contributed by atoms with Crippen LogP contribution in [0.5, 0.6) is 11.5 Å². The van der Waals surface area contributed by atoms with Crippen molar-refractivity contribution in [2.75, 3.05) is 0 Å². The first-order valence-corrected chi connectivity index (χ1v) is 8.92. The van der Waals surface area contributed by atoms with Crippen molar-refractivity contribution < 1.29 is 24.3 Å². The maximum Gasteiger partial charge on any atom is 0.318 e. The van der Waals surface area contributed by atoms with Gasteiger partial charge in [-0.25, -0.2) is 5.43 Å². The van der Waals surface area contributed by atoms with Crippen LogP contribution >= 0.6 is 0 Å². The third kappa shape index (κ3) is 5.91. The van der Waals surface area contributed by atoms with Crippen LogP contribution in [0, 0.1) is 30.3 Å². The number of nitrogens with zero attached hydrogens (tertiary/aromatic N) is 6. The second-order valence-electron chi connectivity index (χ2n) is 6.28. The lowest BCUT2D eigenvalue weighted by Gasteiger charge is -2.06. The Morgan fingerprint density at radius 1 is 1.03 bits per heavy atom. The van der Waals surface area contributed by atoms with Gasteiger partial charge in [0.1, 0.15) is 24.7 Å². The molecule has 168 valence electrons. The summed E-state index contributed by atoms with van der Waals surface area (Å²) < 4.78 is 6.54. The average Bonchev–Trinajstić information content (AvgIpc) is 3.23. The molecule has 2 aromatic carbocycles. The zero-order valence-corrected chi connectivity index (χ0v) is 16.4. The van der Waals surface area contributed by atoms with Gasteiger partial charge in [-0.1, -0.05) is 0 Å². The highest BCUT2D eigenvalue weighted by Crippen LogP contribution is 2.34. The normalized spacial score (nSPS) is 10.7. The molecule has 0 saturated heterocycles. The van der Waals surface area contributed by atoms with E-state index >= 15 is 0 Å². The Morgan fingerprint density at radius 2 is 1.73 bits per heavy atom. The molecule has 0 spiro atoms. The molecule has 33 heavy (non-hydrogen) atoms. The number of non-ortho nitro benzene ring substituents is 1. The van der Waals surface area contributed by atoms with Crippen molar-refractivity contribution in [1.29, 1.82) is 0 Å². The molecule has 0 bridgehead atoms. The number of ether oxygens (including phenoxy) is 1. The fraction of sp³-hybridized carbons (Fsp3) is 0.0556. The van der Waals surface area contributed by atoms with Gasteiger partial charge in [0.05, 0.1) is 27.1 Å². The molecule has 15 heteroatoms. The van der Waals surface area contributed by atoms with Gasteiger partial charge in [-0.05, 0) is 35.9 Å². The Morgan fingerprint density at radius 3 is 2.33 bits per heavy atom. The first-order valence-electron chi connectivity index (χ1n) is 8.92. The van der Waals surface area contributed by atoms with Crippen LogP contribution in [0.4, 0.5) is 17.1 Å². The summed E-state index contributed by atoms with van der Waals surface area (Å²) in [7, 11) is 0. The zero-order valence-electron chi connectivity index (χ0n) is 16.4. The minimum absolute atomic E-state index is 0.168. The number of benzene rings is 2. The van der Waals surface area contributed by atoms with Crippen LogP contribution < -0.4 is 10.2 Å². The number of aromatic nitrogens is 2. The van der Waals surface area contributed by atoms with E-state index in [2.05, 4.69) is 15.6 Å². The summed E-state index contributed by atoms with van der Waals surface area (Å²) in [6, 6.07) is 9.11. The van der Waals surface area contributed by atoms with Crippen LogP contribution in [0.15, 0.2) is 60.0 Å². The highest BCUT2D eigenvalue weighted by atomic mass is 16.6. The molecule has 15 nitrogen and oxygen atoms in total. The number of nitrogens with one attached hydrogen (secondary N) is 1. The zero-order chi connectivity index (χ0) is 24.0. The number of nitro benzene ring substituents is 2. The van der Waals surface area contributed by atoms with E-state index in [-0.39, 0.29) is 23.7 Å². The summed E-state index contributed by atoms with van der Waals surface area (Å²) in [4.78, 5) is 42.2. The molecule has 0 unspecified atom stereocenters. The molecule has 0 aliphatic rings. The molecule has 0 saturated carbocycles. The third-order valence-corrected chi connectivity index (χ3v) is 4.00. The molecular weight excluding hydrogens is 442 g/mol. The summed E-state index contributed by atoms with van der Waals surface area (Å²) >= 11 is 0. The molecule has 1 N–H and O–H groups in total. The summed E-state index contributed by atoms with van der Waals surface area (Å²) in [6.07, 6.45) is 3.45. The quantitative estimate of drug-likeness (QED) is 0.286. The van der Waals surface area contributed by atoms with Crippen molar-refractivity contribution in [3.8, 4) is 11.5 Å². The molecule has 0 fully saturated rings. The van der Waals surface area contributed by atoms with Crippen molar-refractivity contribution in [1.82, 2.24) is 15.2 Å². The average molecular weight is 455 g/mol. The molecule has 3 aromatic rings. The number of rotatable bonds is 9. The fourth-order valence-electron chi connectivity index (χ4n) is 2.49. The van der Waals surface area contributed by atoms with Crippen LogP contribution in [-0.4, -0.2) is 36.7 Å². The summed E-state index contributed by atoms with van der Waals surface area (Å²) in [5.74, 6) is -0.499. The van der Waals surface area contributed by atoms with E-state index in [1.54, 1.807) is 12.1 Å². The van der Waals surface area contributed by atoms with E-state index in [1.165, 1.54) is 18.3 Å². The summed E-state index contributed by atoms with van der Waals surface area (Å²) in [5, 5.41) is 40.0. The van der Waals surface area contributed by atoms with Crippen molar-refractivity contribution >= 4 is 29.2 Å². The van der Waals surface area contributed by atoms with Crippen LogP contribution in [-0.2, 0) is 11.3 Å². The Hall–Kier alpha value is -5.21. The lowest BCUT2D eigenvalue weighted by molar-refractivity contribution is -0.394. The lowest BCUT2D eigenvalue weighted by Crippen LogP contribution is -2.23.